The molecule has 0 saturated heterocycles. The van der Waals surface area contributed by atoms with Gasteiger partial charge in [-0.3, -0.25) is 4.98 Å². The van der Waals surface area contributed by atoms with E-state index in [0.717, 1.165) is 5.69 Å². The Morgan fingerprint density at radius 2 is 2.12 bits per heavy atom. The van der Waals surface area contributed by atoms with E-state index in [-0.39, 0.29) is 0 Å². The summed E-state index contributed by atoms with van der Waals surface area (Å²) >= 11 is 0. The third-order valence-corrected chi connectivity index (χ3v) is 3.22. The van der Waals surface area contributed by atoms with E-state index < -0.39 is 5.82 Å². The maximum absolute atomic E-state index is 13.9. The fourth-order valence-corrected chi connectivity index (χ4v) is 2.13. The molecule has 0 radical (unpaired) electrons. The van der Waals surface area contributed by atoms with Gasteiger partial charge in [-0.1, -0.05) is 17.4 Å². The lowest BCUT2D eigenvalue weighted by molar-refractivity contribution is 0.473. The van der Waals surface area contributed by atoms with Crippen LogP contribution in [-0.4, -0.2) is 20.0 Å². The standard InChI is InChI=1S/C18H16FN5O/c19-14-9-16(11-18(10-14)25-17-6-4-8-21-12-17)24-13-15(22-23-24)5-2-1-3-7-20/h1-4,6-13H,5,20H2/b2-1-,7-3-. The molecule has 0 spiro atoms. The van der Waals surface area contributed by atoms with Crippen molar-refractivity contribution in [2.75, 3.05) is 0 Å². The molecule has 2 heterocycles. The van der Waals surface area contributed by atoms with Gasteiger partial charge < -0.3 is 10.5 Å². The van der Waals surface area contributed by atoms with Crippen molar-refractivity contribution >= 4 is 0 Å². The minimum Gasteiger partial charge on any atom is -0.456 e. The van der Waals surface area contributed by atoms with Crippen molar-refractivity contribution in [3.05, 3.63) is 84.9 Å². The van der Waals surface area contributed by atoms with Gasteiger partial charge in [0.25, 0.3) is 0 Å². The molecule has 0 saturated carbocycles. The summed E-state index contributed by atoms with van der Waals surface area (Å²) in [5, 5.41) is 8.10. The number of aromatic nitrogens is 4. The molecule has 0 unspecified atom stereocenters. The molecule has 0 atom stereocenters. The topological polar surface area (TPSA) is 78.9 Å². The summed E-state index contributed by atoms with van der Waals surface area (Å²) in [7, 11) is 0. The molecule has 126 valence electrons. The summed E-state index contributed by atoms with van der Waals surface area (Å²) in [6, 6.07) is 7.83. The summed E-state index contributed by atoms with van der Waals surface area (Å²) < 4.78 is 21.0. The largest absolute Gasteiger partial charge is 0.456 e. The first-order valence-corrected chi connectivity index (χ1v) is 7.58. The van der Waals surface area contributed by atoms with E-state index in [0.29, 0.717) is 23.6 Å². The average molecular weight is 337 g/mol. The highest BCUT2D eigenvalue weighted by atomic mass is 19.1. The van der Waals surface area contributed by atoms with Crippen LogP contribution in [0.2, 0.25) is 0 Å². The summed E-state index contributed by atoms with van der Waals surface area (Å²) in [5.74, 6) is 0.450. The monoisotopic (exact) mass is 337 g/mol. The number of halogens is 1. The quantitative estimate of drug-likeness (QED) is 0.699. The molecular formula is C18H16FN5O. The first kappa shape index (κ1) is 16.4. The van der Waals surface area contributed by atoms with Crippen molar-refractivity contribution in [2.24, 2.45) is 5.73 Å². The molecule has 3 rings (SSSR count). The average Bonchev–Trinajstić information content (AvgIpc) is 3.08. The van der Waals surface area contributed by atoms with E-state index in [1.54, 1.807) is 42.9 Å². The van der Waals surface area contributed by atoms with Gasteiger partial charge in [0.15, 0.2) is 0 Å². The molecule has 3 aromatic rings. The molecule has 2 N–H and O–H groups in total. The van der Waals surface area contributed by atoms with E-state index in [9.17, 15) is 4.39 Å². The fourth-order valence-electron chi connectivity index (χ4n) is 2.13. The van der Waals surface area contributed by atoms with Crippen molar-refractivity contribution in [2.45, 2.75) is 6.42 Å². The molecule has 7 heteroatoms. The number of hydrogen-bond acceptors (Lipinski definition) is 5. The molecule has 0 fully saturated rings. The first-order chi connectivity index (χ1) is 12.2. The number of rotatable bonds is 6. The van der Waals surface area contributed by atoms with Crippen molar-refractivity contribution in [1.82, 2.24) is 20.0 Å². The number of ether oxygens (including phenoxy) is 1. The van der Waals surface area contributed by atoms with Gasteiger partial charge in [0.1, 0.15) is 17.3 Å². The Hall–Kier alpha value is -3.48. The first-order valence-electron chi connectivity index (χ1n) is 7.58. The highest BCUT2D eigenvalue weighted by Crippen LogP contribution is 2.24. The van der Waals surface area contributed by atoms with Crippen LogP contribution in [0.15, 0.2) is 73.4 Å². The van der Waals surface area contributed by atoms with E-state index >= 15 is 0 Å². The van der Waals surface area contributed by atoms with Gasteiger partial charge in [-0.25, -0.2) is 9.07 Å². The Morgan fingerprint density at radius 3 is 2.92 bits per heavy atom. The maximum Gasteiger partial charge on any atom is 0.145 e. The van der Waals surface area contributed by atoms with Crippen LogP contribution < -0.4 is 10.5 Å². The molecule has 6 nitrogen and oxygen atoms in total. The molecular weight excluding hydrogens is 321 g/mol. The zero-order valence-corrected chi connectivity index (χ0v) is 13.3. The Bertz CT molecular complexity index is 889. The number of pyridine rings is 1. The van der Waals surface area contributed by atoms with Crippen LogP contribution in [0.3, 0.4) is 0 Å². The zero-order valence-electron chi connectivity index (χ0n) is 13.3. The second kappa shape index (κ2) is 7.87. The number of nitrogens with two attached hydrogens (primary N) is 1. The van der Waals surface area contributed by atoms with Crippen molar-refractivity contribution in [3.63, 3.8) is 0 Å². The molecule has 0 aliphatic heterocycles. The van der Waals surface area contributed by atoms with Crippen molar-refractivity contribution in [3.8, 4) is 17.2 Å². The zero-order chi connectivity index (χ0) is 17.5. The third kappa shape index (κ3) is 4.51. The predicted molar refractivity (Wildman–Crippen MR) is 91.8 cm³/mol. The Kier molecular flexibility index (Phi) is 5.16. The van der Waals surface area contributed by atoms with Gasteiger partial charge in [0.05, 0.1) is 23.8 Å². The third-order valence-electron chi connectivity index (χ3n) is 3.22. The van der Waals surface area contributed by atoms with Gasteiger partial charge in [-0.2, -0.15) is 0 Å². The van der Waals surface area contributed by atoms with Gasteiger partial charge in [-0.05, 0) is 30.5 Å². The molecule has 2 aromatic heterocycles. The van der Waals surface area contributed by atoms with Crippen LogP contribution in [0.25, 0.3) is 5.69 Å². The van der Waals surface area contributed by atoms with Crippen LogP contribution in [0.5, 0.6) is 11.5 Å². The SMILES string of the molecule is N/C=C\C=C/Cc1cn(-c2cc(F)cc(Oc3cccnc3)c2)nn1. The lowest BCUT2D eigenvalue weighted by Crippen LogP contribution is -1.97. The minimum atomic E-state index is -0.429. The molecule has 1 aromatic carbocycles. The molecule has 0 amide bonds. The van der Waals surface area contributed by atoms with Gasteiger partial charge in [0, 0.05) is 24.8 Å². The lowest BCUT2D eigenvalue weighted by Gasteiger charge is -2.07. The number of allylic oxidation sites excluding steroid dienone is 3. The van der Waals surface area contributed by atoms with Gasteiger partial charge >= 0.3 is 0 Å². The summed E-state index contributed by atoms with van der Waals surface area (Å²) in [6.07, 6.45) is 12.4. The van der Waals surface area contributed by atoms with E-state index in [2.05, 4.69) is 15.3 Å². The molecule has 0 bridgehead atoms. The summed E-state index contributed by atoms with van der Waals surface area (Å²) in [4.78, 5) is 3.96. The highest BCUT2D eigenvalue weighted by molar-refractivity contribution is 5.41. The van der Waals surface area contributed by atoms with Crippen molar-refractivity contribution in [1.29, 1.82) is 0 Å². The van der Waals surface area contributed by atoms with E-state index in [1.807, 2.05) is 12.2 Å². The Morgan fingerprint density at radius 1 is 1.20 bits per heavy atom. The second-order valence-corrected chi connectivity index (χ2v) is 5.11. The Balaban J connectivity index is 1.79. The Labute approximate surface area is 144 Å². The summed E-state index contributed by atoms with van der Waals surface area (Å²) in [6.45, 7) is 0. The smallest absolute Gasteiger partial charge is 0.145 e. The van der Waals surface area contributed by atoms with Crippen LogP contribution >= 0.6 is 0 Å². The lowest BCUT2D eigenvalue weighted by atomic mass is 10.2. The molecule has 0 aliphatic rings. The number of nitrogens with zero attached hydrogens (tertiary/aromatic N) is 4. The normalized spacial score (nSPS) is 11.4. The van der Waals surface area contributed by atoms with Crippen LogP contribution in [0.4, 0.5) is 4.39 Å². The highest BCUT2D eigenvalue weighted by Gasteiger charge is 2.07. The maximum atomic E-state index is 13.9. The predicted octanol–water partition coefficient (Wildman–Crippen LogP) is 3.16. The van der Waals surface area contributed by atoms with Crippen LogP contribution in [0, 0.1) is 5.82 Å². The van der Waals surface area contributed by atoms with Gasteiger partial charge in [0.2, 0.25) is 0 Å². The fraction of sp³-hybridized carbons (Fsp3) is 0.0556. The summed E-state index contributed by atoms with van der Waals surface area (Å²) in [5.41, 5.74) is 6.52. The minimum absolute atomic E-state index is 0.355. The molecule has 25 heavy (non-hydrogen) atoms. The molecule has 0 aliphatic carbocycles. The van der Waals surface area contributed by atoms with E-state index in [1.165, 1.54) is 23.0 Å². The number of hydrogen-bond donors (Lipinski definition) is 1. The van der Waals surface area contributed by atoms with Crippen LogP contribution in [-0.2, 0) is 6.42 Å². The van der Waals surface area contributed by atoms with E-state index in [4.69, 9.17) is 10.5 Å². The van der Waals surface area contributed by atoms with Crippen LogP contribution in [0.1, 0.15) is 5.69 Å². The van der Waals surface area contributed by atoms with Gasteiger partial charge in [-0.15, -0.1) is 5.10 Å². The second-order valence-electron chi connectivity index (χ2n) is 5.11. The van der Waals surface area contributed by atoms with Crippen molar-refractivity contribution < 1.29 is 9.13 Å². The number of benzene rings is 1.